The molecule has 2 fully saturated rings. The van der Waals surface area contributed by atoms with Crippen molar-refractivity contribution in [2.75, 3.05) is 43.1 Å². The quantitative estimate of drug-likeness (QED) is 0.316. The lowest BCUT2D eigenvalue weighted by Crippen LogP contribution is -2.62. The average Bonchev–Trinajstić information content (AvgIpc) is 3.36. The van der Waals surface area contributed by atoms with E-state index >= 15 is 0 Å². The van der Waals surface area contributed by atoms with E-state index in [9.17, 15) is 19.1 Å². The van der Waals surface area contributed by atoms with Gasteiger partial charge in [-0.3, -0.25) is 9.69 Å². The van der Waals surface area contributed by atoms with E-state index in [1.807, 2.05) is 15.5 Å². The lowest BCUT2D eigenvalue weighted by atomic mass is 10.1. The number of halogens is 1. The molecule has 0 saturated carbocycles. The van der Waals surface area contributed by atoms with Crippen molar-refractivity contribution in [3.63, 3.8) is 0 Å². The maximum Gasteiger partial charge on any atom is 0.335 e. The van der Waals surface area contributed by atoms with Gasteiger partial charge in [-0.05, 0) is 42.8 Å². The molecule has 1 N–H and O–H groups in total. The van der Waals surface area contributed by atoms with Gasteiger partial charge in [-0.15, -0.1) is 0 Å². The Balaban J connectivity index is 1.11. The van der Waals surface area contributed by atoms with Gasteiger partial charge < -0.3 is 28.9 Å². The van der Waals surface area contributed by atoms with Gasteiger partial charge in [0.1, 0.15) is 24.3 Å². The number of anilines is 2. The Morgan fingerprint density at radius 3 is 2.76 bits per heavy atom. The van der Waals surface area contributed by atoms with Crippen LogP contribution in [0.3, 0.4) is 0 Å². The zero-order valence-corrected chi connectivity index (χ0v) is 24.5. The predicted molar refractivity (Wildman–Crippen MR) is 161 cm³/mol. The third kappa shape index (κ3) is 5.32. The van der Waals surface area contributed by atoms with E-state index in [1.54, 1.807) is 42.3 Å². The van der Waals surface area contributed by atoms with Gasteiger partial charge in [-0.1, -0.05) is 6.07 Å². The fourth-order valence-corrected chi connectivity index (χ4v) is 6.12. The third-order valence-electron chi connectivity index (χ3n) is 8.72. The van der Waals surface area contributed by atoms with Crippen LogP contribution >= 0.6 is 0 Å². The van der Waals surface area contributed by atoms with Crippen molar-refractivity contribution in [1.82, 2.24) is 19.4 Å². The van der Waals surface area contributed by atoms with E-state index in [0.717, 1.165) is 17.8 Å². The van der Waals surface area contributed by atoms with Crippen LogP contribution in [0.15, 0.2) is 48.5 Å². The van der Waals surface area contributed by atoms with E-state index < -0.39 is 17.8 Å². The topological polar surface area (TPSA) is 137 Å². The lowest BCUT2D eigenvalue weighted by molar-refractivity contribution is -0.120. The molecule has 0 spiro atoms. The number of nitriles is 1. The number of piperazine rings is 1. The highest BCUT2D eigenvalue weighted by Crippen LogP contribution is 2.37. The molecule has 2 aromatic carbocycles. The second-order valence-electron chi connectivity index (χ2n) is 11.5. The summed E-state index contributed by atoms with van der Waals surface area (Å²) in [6.45, 7) is 3.32. The number of amides is 1. The van der Waals surface area contributed by atoms with E-state index in [2.05, 4.69) is 4.90 Å². The second kappa shape index (κ2) is 11.5. The normalized spacial score (nSPS) is 19.5. The first kappa shape index (κ1) is 28.7. The molecule has 45 heavy (non-hydrogen) atoms. The van der Waals surface area contributed by atoms with E-state index in [-0.39, 0.29) is 29.7 Å². The highest BCUT2D eigenvalue weighted by Gasteiger charge is 2.41. The Morgan fingerprint density at radius 1 is 1.18 bits per heavy atom. The molecule has 5 heterocycles. The summed E-state index contributed by atoms with van der Waals surface area (Å²) in [6.07, 6.45) is 0.979. The number of aromatic carboxylic acids is 1. The maximum atomic E-state index is 14.4. The summed E-state index contributed by atoms with van der Waals surface area (Å²) in [6, 6.07) is 14.1. The molecule has 2 saturated heterocycles. The van der Waals surface area contributed by atoms with Crippen LogP contribution in [0.1, 0.15) is 33.7 Å². The molecule has 1 unspecified atom stereocenters. The molecule has 0 bridgehead atoms. The SMILES string of the molecule is CN1C(=O)C2CN(Cc3nc4ccc(C(=O)O)cc4n3C[C@@H]3CCO3)CCN2c2nc(OCc3ccc(C#N)cc3F)ccc21. The zero-order chi connectivity index (χ0) is 31.2. The molecular formula is C32H30FN7O5. The van der Waals surface area contributed by atoms with E-state index in [1.165, 1.54) is 18.2 Å². The van der Waals surface area contributed by atoms with Gasteiger partial charge in [-0.25, -0.2) is 14.2 Å². The van der Waals surface area contributed by atoms with Crippen LogP contribution in [0.4, 0.5) is 15.9 Å². The number of fused-ring (bicyclic) bond motifs is 4. The van der Waals surface area contributed by atoms with Crippen molar-refractivity contribution < 1.29 is 28.6 Å². The van der Waals surface area contributed by atoms with Crippen LogP contribution < -0.4 is 14.5 Å². The number of benzene rings is 2. The van der Waals surface area contributed by atoms with E-state index in [0.29, 0.717) is 67.8 Å². The Bertz CT molecular complexity index is 1870. The average molecular weight is 612 g/mol. The summed E-state index contributed by atoms with van der Waals surface area (Å²) in [4.78, 5) is 40.6. The number of rotatable bonds is 8. The van der Waals surface area contributed by atoms with Gasteiger partial charge in [0.05, 0.1) is 53.1 Å². The molecule has 3 aliphatic rings. The highest BCUT2D eigenvalue weighted by atomic mass is 19.1. The van der Waals surface area contributed by atoms with Crippen molar-refractivity contribution in [3.05, 3.63) is 76.9 Å². The van der Waals surface area contributed by atoms with Crippen molar-refractivity contribution >= 4 is 34.4 Å². The molecular weight excluding hydrogens is 581 g/mol. The minimum absolute atomic E-state index is 0.0486. The summed E-state index contributed by atoms with van der Waals surface area (Å²) in [5.41, 5.74) is 2.87. The highest BCUT2D eigenvalue weighted by molar-refractivity contribution is 6.04. The molecule has 12 nitrogen and oxygen atoms in total. The first-order valence-electron chi connectivity index (χ1n) is 14.7. The number of imidazole rings is 1. The summed E-state index contributed by atoms with van der Waals surface area (Å²) in [5.74, 6) is 0.141. The van der Waals surface area contributed by atoms with E-state index in [4.69, 9.17) is 24.7 Å². The molecule has 230 valence electrons. The molecule has 0 radical (unpaired) electrons. The van der Waals surface area contributed by atoms with Crippen molar-refractivity contribution in [1.29, 1.82) is 5.26 Å². The minimum atomic E-state index is -0.994. The van der Waals surface area contributed by atoms with Gasteiger partial charge in [0.15, 0.2) is 5.82 Å². The Kier molecular flexibility index (Phi) is 7.31. The number of ether oxygens (including phenoxy) is 2. The number of carboxylic acids is 1. The summed E-state index contributed by atoms with van der Waals surface area (Å²) < 4.78 is 28.0. The van der Waals surface area contributed by atoms with Crippen LogP contribution in [0.2, 0.25) is 0 Å². The Morgan fingerprint density at radius 2 is 2.02 bits per heavy atom. The molecule has 2 aromatic heterocycles. The number of pyridine rings is 1. The first-order chi connectivity index (χ1) is 21.8. The van der Waals surface area contributed by atoms with Gasteiger partial charge in [0, 0.05) is 44.9 Å². The zero-order valence-electron chi connectivity index (χ0n) is 24.5. The molecule has 0 aliphatic carbocycles. The van der Waals surface area contributed by atoms with Gasteiger partial charge in [0.2, 0.25) is 5.88 Å². The standard InChI is InChI=1S/C32H30FN7O5/c1-37-25-6-7-29(45-18-21-3-2-19(14-34)12-23(21)33)36-30(25)39-10-9-38(16-27(39)31(37)41)17-28-35-24-5-4-20(32(42)43)13-26(24)40(28)15-22-8-11-44-22/h2-7,12-13,22,27H,8-11,15-18H2,1H3,(H,42,43)/t22-,27?/m0/s1. The summed E-state index contributed by atoms with van der Waals surface area (Å²) in [5, 5.41) is 18.5. The molecule has 4 aromatic rings. The molecule has 3 aliphatic heterocycles. The van der Waals surface area contributed by atoms with Gasteiger partial charge >= 0.3 is 5.97 Å². The number of carbonyl (C=O) groups excluding carboxylic acids is 1. The number of carboxylic acid groups (broad SMARTS) is 1. The first-order valence-corrected chi connectivity index (χ1v) is 14.7. The Labute approximate surface area is 257 Å². The van der Waals surface area contributed by atoms with Gasteiger partial charge in [0.25, 0.3) is 5.91 Å². The van der Waals surface area contributed by atoms with Crippen LogP contribution in [0.25, 0.3) is 11.0 Å². The summed E-state index contributed by atoms with van der Waals surface area (Å²) in [7, 11) is 1.73. The van der Waals surface area contributed by atoms with Crippen molar-refractivity contribution in [2.45, 2.75) is 38.3 Å². The number of hydrogen-bond acceptors (Lipinski definition) is 9. The van der Waals surface area contributed by atoms with Gasteiger partial charge in [-0.2, -0.15) is 10.2 Å². The molecule has 2 atom stereocenters. The minimum Gasteiger partial charge on any atom is -0.478 e. The number of hydrogen-bond donors (Lipinski definition) is 1. The Hall–Kier alpha value is -5.06. The van der Waals surface area contributed by atoms with Crippen LogP contribution in [0.5, 0.6) is 5.88 Å². The second-order valence-corrected chi connectivity index (χ2v) is 11.5. The van der Waals surface area contributed by atoms with Crippen molar-refractivity contribution in [3.8, 4) is 11.9 Å². The fourth-order valence-electron chi connectivity index (χ4n) is 6.12. The van der Waals surface area contributed by atoms with Crippen LogP contribution in [-0.2, 0) is 29.2 Å². The monoisotopic (exact) mass is 611 g/mol. The number of likely N-dealkylation sites (N-methyl/N-ethyl adjacent to an activating group) is 1. The molecule has 13 heteroatoms. The fraction of sp³-hybridized carbons (Fsp3) is 0.344. The van der Waals surface area contributed by atoms with Crippen molar-refractivity contribution in [2.24, 2.45) is 0 Å². The number of carbonyl (C=O) groups is 2. The number of nitrogens with zero attached hydrogens (tertiary/aromatic N) is 7. The van der Waals surface area contributed by atoms with Crippen LogP contribution in [0, 0.1) is 17.1 Å². The molecule has 7 rings (SSSR count). The predicted octanol–water partition coefficient (Wildman–Crippen LogP) is 3.18. The largest absolute Gasteiger partial charge is 0.478 e. The molecule has 1 amide bonds. The number of aromatic nitrogens is 3. The lowest BCUT2D eigenvalue weighted by Gasteiger charge is -2.46. The smallest absolute Gasteiger partial charge is 0.335 e. The summed E-state index contributed by atoms with van der Waals surface area (Å²) >= 11 is 0. The third-order valence-corrected chi connectivity index (χ3v) is 8.72. The van der Waals surface area contributed by atoms with Crippen LogP contribution in [-0.4, -0.2) is 81.9 Å². The maximum absolute atomic E-state index is 14.4.